The van der Waals surface area contributed by atoms with Crippen LogP contribution in [0.25, 0.3) is 62.5 Å². The van der Waals surface area contributed by atoms with E-state index in [4.69, 9.17) is 9.68 Å². The first kappa shape index (κ1) is 52.8. The highest BCUT2D eigenvalue weighted by Crippen LogP contribution is 2.42. The van der Waals surface area contributed by atoms with Gasteiger partial charge in [0.15, 0.2) is 11.5 Å². The summed E-state index contributed by atoms with van der Waals surface area (Å²) < 4.78 is 4.53. The third kappa shape index (κ3) is 10.1. The SMILES string of the molecule is C=Cc1c(/C=C\C)c(/C=C(\C)N(c2ccc(ON3C(=O)CCC3=O)cc2)c2ccc(-c3ccc(N(c4ccc(ON5C(=O)CCC5=O)cc4)c4ccc5c(c4)c4ccccc4n5-c4ccccc4)cc3)cc2)c(C)n1C(/C=C\C)=C/C. The van der Waals surface area contributed by atoms with Gasteiger partial charge in [-0.3, -0.25) is 19.2 Å². The predicted octanol–water partition coefficient (Wildman–Crippen LogP) is 16.2. The first-order valence-corrected chi connectivity index (χ1v) is 27.1. The number of allylic oxidation sites excluding steroid dienone is 6. The zero-order valence-corrected chi connectivity index (χ0v) is 45.9. The third-order valence-electron chi connectivity index (χ3n) is 14.8. The van der Waals surface area contributed by atoms with Crippen LogP contribution in [-0.4, -0.2) is 42.9 Å². The van der Waals surface area contributed by atoms with Crippen molar-refractivity contribution in [2.75, 3.05) is 9.80 Å². The molecular formula is C69H60N6O6. The molecule has 81 heavy (non-hydrogen) atoms. The molecule has 12 heteroatoms. The Kier molecular flexibility index (Phi) is 14.8. The summed E-state index contributed by atoms with van der Waals surface area (Å²) in [5.74, 6) is -0.683. The summed E-state index contributed by atoms with van der Waals surface area (Å²) >= 11 is 0. The topological polar surface area (TPSA) is 110 Å². The second-order valence-corrected chi connectivity index (χ2v) is 19.8. The Morgan fingerprint density at radius 1 is 0.543 bits per heavy atom. The normalized spacial score (nSPS) is 14.2. The van der Waals surface area contributed by atoms with E-state index in [-0.39, 0.29) is 49.3 Å². The summed E-state index contributed by atoms with van der Waals surface area (Å²) in [6, 6.07) is 57.1. The van der Waals surface area contributed by atoms with Crippen molar-refractivity contribution in [2.24, 2.45) is 0 Å². The molecule has 402 valence electrons. The monoisotopic (exact) mass is 1070 g/mol. The number of hydrogen-bond donors (Lipinski definition) is 0. The van der Waals surface area contributed by atoms with E-state index in [2.05, 4.69) is 179 Å². The van der Waals surface area contributed by atoms with E-state index < -0.39 is 0 Å². The van der Waals surface area contributed by atoms with Crippen molar-refractivity contribution in [1.29, 1.82) is 0 Å². The van der Waals surface area contributed by atoms with Crippen molar-refractivity contribution >= 4 is 97.8 Å². The molecule has 0 N–H and O–H groups in total. The molecule has 4 heterocycles. The number of hydroxylamine groups is 4. The Labute approximate surface area is 471 Å². The number of anilines is 5. The maximum absolute atomic E-state index is 12.5. The molecule has 0 atom stereocenters. The van der Waals surface area contributed by atoms with E-state index in [0.717, 1.165) is 111 Å². The number of amides is 4. The molecule has 2 aromatic heterocycles. The molecule has 9 aromatic rings. The molecule has 0 aliphatic carbocycles. The van der Waals surface area contributed by atoms with Crippen LogP contribution in [0.4, 0.5) is 28.4 Å². The van der Waals surface area contributed by atoms with Crippen LogP contribution in [0.2, 0.25) is 0 Å². The fourth-order valence-electron chi connectivity index (χ4n) is 11.0. The molecule has 11 rings (SSSR count). The zero-order chi connectivity index (χ0) is 56.3. The van der Waals surface area contributed by atoms with Crippen LogP contribution in [0.3, 0.4) is 0 Å². The summed E-state index contributed by atoms with van der Waals surface area (Å²) in [4.78, 5) is 65.8. The summed E-state index contributed by atoms with van der Waals surface area (Å²) in [6.07, 6.45) is 15.0. The summed E-state index contributed by atoms with van der Waals surface area (Å²) in [6.45, 7) is 14.5. The molecule has 0 unspecified atom stereocenters. The van der Waals surface area contributed by atoms with Crippen molar-refractivity contribution in [3.8, 4) is 28.3 Å². The lowest BCUT2D eigenvalue weighted by Crippen LogP contribution is -2.32. The van der Waals surface area contributed by atoms with Crippen LogP contribution < -0.4 is 19.5 Å². The molecular weight excluding hydrogens is 1010 g/mol. The second kappa shape index (κ2) is 22.6. The second-order valence-electron chi connectivity index (χ2n) is 19.8. The predicted molar refractivity (Wildman–Crippen MR) is 325 cm³/mol. The Bertz CT molecular complexity index is 4000. The maximum Gasteiger partial charge on any atom is 0.263 e. The molecule has 0 saturated carbocycles. The summed E-state index contributed by atoms with van der Waals surface area (Å²) in [5, 5.41) is 3.93. The van der Waals surface area contributed by atoms with Gasteiger partial charge in [0.2, 0.25) is 0 Å². The van der Waals surface area contributed by atoms with E-state index >= 15 is 0 Å². The fourth-order valence-corrected chi connectivity index (χ4v) is 11.0. The van der Waals surface area contributed by atoms with Gasteiger partial charge in [-0.05, 0) is 173 Å². The highest BCUT2D eigenvalue weighted by Gasteiger charge is 2.33. The quantitative estimate of drug-likeness (QED) is 0.0655. The molecule has 2 aliphatic rings. The van der Waals surface area contributed by atoms with Crippen LogP contribution in [0.1, 0.15) is 75.9 Å². The largest absolute Gasteiger partial charge is 0.369 e. The summed E-state index contributed by atoms with van der Waals surface area (Å²) in [7, 11) is 0. The molecule has 0 bridgehead atoms. The molecule has 2 saturated heterocycles. The number of carbonyl (C=O) groups excluding carboxylic acids is 4. The first-order chi connectivity index (χ1) is 39.5. The minimum absolute atomic E-state index is 0.127. The number of nitrogens with zero attached hydrogens (tertiary/aromatic N) is 6. The molecule has 2 fully saturated rings. The number of fused-ring (bicyclic) bond motifs is 3. The lowest BCUT2D eigenvalue weighted by Gasteiger charge is -2.27. The number of hydrogen-bond acceptors (Lipinski definition) is 8. The van der Waals surface area contributed by atoms with Gasteiger partial charge in [0, 0.05) is 98.8 Å². The lowest BCUT2D eigenvalue weighted by molar-refractivity contribution is -0.165. The average molecular weight is 1070 g/mol. The minimum Gasteiger partial charge on any atom is -0.369 e. The fraction of sp³-hybridized carbons (Fsp3) is 0.130. The highest BCUT2D eigenvalue weighted by atomic mass is 16.7. The molecule has 7 aromatic carbocycles. The average Bonchev–Trinajstić information content (AvgIpc) is 4.36. The highest BCUT2D eigenvalue weighted by molar-refractivity contribution is 6.11. The summed E-state index contributed by atoms with van der Waals surface area (Å²) in [5.41, 5.74) is 15.8. The van der Waals surface area contributed by atoms with Gasteiger partial charge in [-0.2, -0.15) is 0 Å². The Hall–Kier alpha value is -10.2. The van der Waals surface area contributed by atoms with E-state index in [1.165, 1.54) is 0 Å². The van der Waals surface area contributed by atoms with Gasteiger partial charge in [0.1, 0.15) is 0 Å². The van der Waals surface area contributed by atoms with Crippen LogP contribution in [-0.2, 0) is 19.2 Å². The van der Waals surface area contributed by atoms with Crippen molar-refractivity contribution in [1.82, 2.24) is 19.3 Å². The van der Waals surface area contributed by atoms with E-state index in [0.29, 0.717) is 11.5 Å². The van der Waals surface area contributed by atoms with E-state index in [9.17, 15) is 19.2 Å². The molecule has 0 spiro atoms. The van der Waals surface area contributed by atoms with Crippen molar-refractivity contribution in [3.05, 3.63) is 229 Å². The first-order valence-electron chi connectivity index (χ1n) is 27.1. The number of aromatic nitrogens is 2. The van der Waals surface area contributed by atoms with Gasteiger partial charge in [0.05, 0.1) is 16.7 Å². The molecule has 2 aliphatic heterocycles. The van der Waals surface area contributed by atoms with E-state index in [1.807, 2.05) is 69.3 Å². The number of rotatable bonds is 17. The van der Waals surface area contributed by atoms with Gasteiger partial charge in [-0.25, -0.2) is 0 Å². The number of carbonyl (C=O) groups is 4. The van der Waals surface area contributed by atoms with Crippen molar-refractivity contribution < 1.29 is 28.9 Å². The van der Waals surface area contributed by atoms with Gasteiger partial charge in [0.25, 0.3) is 23.6 Å². The lowest BCUT2D eigenvalue weighted by atomic mass is 10.0. The van der Waals surface area contributed by atoms with Crippen molar-refractivity contribution in [2.45, 2.75) is 60.3 Å². The van der Waals surface area contributed by atoms with Gasteiger partial charge in [-0.15, -0.1) is 10.1 Å². The Balaban J connectivity index is 0.962. The number of imide groups is 2. The van der Waals surface area contributed by atoms with Crippen LogP contribution in [0, 0.1) is 6.92 Å². The zero-order valence-electron chi connectivity index (χ0n) is 45.9. The van der Waals surface area contributed by atoms with Crippen LogP contribution >= 0.6 is 0 Å². The third-order valence-corrected chi connectivity index (χ3v) is 14.8. The van der Waals surface area contributed by atoms with Gasteiger partial charge >= 0.3 is 0 Å². The van der Waals surface area contributed by atoms with Crippen LogP contribution in [0.5, 0.6) is 11.5 Å². The Morgan fingerprint density at radius 2 is 1.04 bits per heavy atom. The van der Waals surface area contributed by atoms with Crippen molar-refractivity contribution in [3.63, 3.8) is 0 Å². The molecule has 12 nitrogen and oxygen atoms in total. The smallest absolute Gasteiger partial charge is 0.263 e. The maximum atomic E-state index is 12.5. The minimum atomic E-state index is -0.360. The van der Waals surface area contributed by atoms with Crippen LogP contribution in [0.15, 0.2) is 206 Å². The van der Waals surface area contributed by atoms with Gasteiger partial charge in [-0.1, -0.05) is 91.5 Å². The molecule has 4 amide bonds. The Morgan fingerprint density at radius 3 is 1.57 bits per heavy atom. The standard InChI is InChI=1S/C69H60N6O6/c1-7-16-50(9-3)71-47(6)61(59(17-8-2)63(71)10-4)44-46(5)70(53-30-35-57(36-31-53)80-74-66(76)40-41-67(74)77)52-26-22-48(23-27-52)49-24-28-54(29-25-49)72(55-32-37-58(38-33-55)81-75-68(78)42-43-69(75)79)56-34-39-65-62(45-56)60-20-14-15-21-64(60)73(65)51-18-12-11-13-19-51/h7-39,44-45H,4,40-43H2,1-3,5-6H3/b16-7-,17-8-,46-44+,50-9+. The number of benzene rings is 7. The van der Waals surface area contributed by atoms with Gasteiger partial charge < -0.3 is 28.6 Å². The van der Waals surface area contributed by atoms with E-state index in [1.54, 1.807) is 24.3 Å². The molecule has 0 radical (unpaired) electrons. The number of para-hydroxylation sites is 2.